The zero-order chi connectivity index (χ0) is 13.2. The molecule has 19 heavy (non-hydrogen) atoms. The summed E-state index contributed by atoms with van der Waals surface area (Å²) < 4.78 is 7.00. The minimum atomic E-state index is 0.218. The first-order valence-corrected chi connectivity index (χ1v) is 7.30. The molecule has 3 rings (SSSR count). The van der Waals surface area contributed by atoms with E-state index in [1.54, 1.807) is 0 Å². The molecule has 0 aliphatic carbocycles. The summed E-state index contributed by atoms with van der Waals surface area (Å²) in [6.07, 6.45) is 0.218. The molecule has 1 heterocycles. The van der Waals surface area contributed by atoms with Gasteiger partial charge in [0.15, 0.2) is 0 Å². The molecule has 0 atom stereocenters. The average Bonchev–Trinajstić information content (AvgIpc) is 2.82. The molecule has 0 radical (unpaired) electrons. The van der Waals surface area contributed by atoms with E-state index >= 15 is 0 Å². The maximum atomic E-state index is 5.67. The van der Waals surface area contributed by atoms with Gasteiger partial charge >= 0.3 is 0 Å². The van der Waals surface area contributed by atoms with E-state index in [0.717, 1.165) is 5.75 Å². The van der Waals surface area contributed by atoms with Crippen molar-refractivity contribution in [3.63, 3.8) is 0 Å². The molecule has 0 bridgehead atoms. The van der Waals surface area contributed by atoms with Gasteiger partial charge in [-0.3, -0.25) is 0 Å². The number of fused-ring (bicyclic) bond motifs is 1. The Morgan fingerprint density at radius 1 is 0.947 bits per heavy atom. The summed E-state index contributed by atoms with van der Waals surface area (Å²) in [4.78, 5) is 1.30. The molecule has 0 spiro atoms. The SMILES string of the molecule is CC(C)Oc1ccc(-c2cc3ccccc3s2)cc1. The van der Waals surface area contributed by atoms with E-state index < -0.39 is 0 Å². The maximum absolute atomic E-state index is 5.67. The smallest absolute Gasteiger partial charge is 0.119 e. The van der Waals surface area contributed by atoms with E-state index in [4.69, 9.17) is 4.74 Å². The van der Waals surface area contributed by atoms with Gasteiger partial charge in [0, 0.05) is 9.58 Å². The minimum absolute atomic E-state index is 0.218. The van der Waals surface area contributed by atoms with Gasteiger partial charge in [0.25, 0.3) is 0 Å². The Bertz CT molecular complexity index is 647. The van der Waals surface area contributed by atoms with Gasteiger partial charge in [-0.25, -0.2) is 0 Å². The zero-order valence-electron chi connectivity index (χ0n) is 11.1. The summed E-state index contributed by atoms with van der Waals surface area (Å²) in [6.45, 7) is 4.08. The third kappa shape index (κ3) is 2.64. The lowest BCUT2D eigenvalue weighted by Crippen LogP contribution is -2.04. The predicted octanol–water partition coefficient (Wildman–Crippen LogP) is 5.36. The van der Waals surface area contributed by atoms with E-state index in [1.807, 2.05) is 37.3 Å². The van der Waals surface area contributed by atoms with Crippen LogP contribution in [-0.4, -0.2) is 6.10 Å². The van der Waals surface area contributed by atoms with Crippen molar-refractivity contribution < 1.29 is 4.74 Å². The van der Waals surface area contributed by atoms with Crippen LogP contribution in [0.25, 0.3) is 20.5 Å². The molecule has 0 amide bonds. The normalized spacial score (nSPS) is 11.1. The van der Waals surface area contributed by atoms with E-state index in [0.29, 0.717) is 0 Å². The lowest BCUT2D eigenvalue weighted by molar-refractivity contribution is 0.242. The van der Waals surface area contributed by atoms with Gasteiger partial charge in [0.2, 0.25) is 0 Å². The third-order valence-corrected chi connectivity index (χ3v) is 4.10. The van der Waals surface area contributed by atoms with Crippen LogP contribution in [0.3, 0.4) is 0 Å². The highest BCUT2D eigenvalue weighted by Gasteiger charge is 2.04. The largest absolute Gasteiger partial charge is 0.491 e. The average molecular weight is 268 g/mol. The first-order chi connectivity index (χ1) is 9.22. The van der Waals surface area contributed by atoms with Crippen molar-refractivity contribution in [3.05, 3.63) is 54.6 Å². The second-order valence-corrected chi connectivity index (χ2v) is 5.92. The molecule has 3 aromatic rings. The van der Waals surface area contributed by atoms with Gasteiger partial charge in [-0.2, -0.15) is 0 Å². The van der Waals surface area contributed by atoms with Crippen LogP contribution < -0.4 is 4.74 Å². The van der Waals surface area contributed by atoms with Gasteiger partial charge in [-0.05, 0) is 61.2 Å². The van der Waals surface area contributed by atoms with Crippen LogP contribution in [0.15, 0.2) is 54.6 Å². The van der Waals surface area contributed by atoms with Crippen molar-refractivity contribution in [1.29, 1.82) is 0 Å². The summed E-state index contributed by atoms with van der Waals surface area (Å²) in [6, 6.07) is 19.1. The van der Waals surface area contributed by atoms with E-state index in [2.05, 4.69) is 42.5 Å². The highest BCUT2D eigenvalue weighted by atomic mass is 32.1. The zero-order valence-corrected chi connectivity index (χ0v) is 11.9. The molecule has 96 valence electrons. The van der Waals surface area contributed by atoms with Crippen molar-refractivity contribution in [1.82, 2.24) is 0 Å². The van der Waals surface area contributed by atoms with Crippen molar-refractivity contribution in [2.24, 2.45) is 0 Å². The van der Waals surface area contributed by atoms with Gasteiger partial charge in [-0.15, -0.1) is 11.3 Å². The van der Waals surface area contributed by atoms with Gasteiger partial charge in [-0.1, -0.05) is 18.2 Å². The topological polar surface area (TPSA) is 9.23 Å². The standard InChI is InChI=1S/C17H16OS/c1-12(2)18-15-9-7-13(8-10-15)17-11-14-5-3-4-6-16(14)19-17/h3-12H,1-2H3. The molecule has 0 fully saturated rings. The number of rotatable bonds is 3. The molecule has 2 aromatic carbocycles. The van der Waals surface area contributed by atoms with Crippen molar-refractivity contribution in [2.75, 3.05) is 0 Å². The van der Waals surface area contributed by atoms with Crippen molar-refractivity contribution in [2.45, 2.75) is 20.0 Å². The van der Waals surface area contributed by atoms with Gasteiger partial charge < -0.3 is 4.74 Å². The quantitative estimate of drug-likeness (QED) is 0.621. The molecule has 0 aliphatic heterocycles. The van der Waals surface area contributed by atoms with Crippen LogP contribution in [0.1, 0.15) is 13.8 Å². The molecule has 1 aromatic heterocycles. The third-order valence-electron chi connectivity index (χ3n) is 2.94. The van der Waals surface area contributed by atoms with E-state index in [1.165, 1.54) is 20.5 Å². The fourth-order valence-electron chi connectivity index (χ4n) is 2.09. The van der Waals surface area contributed by atoms with Crippen LogP contribution in [0.4, 0.5) is 0 Å². The fraction of sp³-hybridized carbons (Fsp3) is 0.176. The summed E-state index contributed by atoms with van der Waals surface area (Å²) in [5, 5.41) is 1.31. The maximum Gasteiger partial charge on any atom is 0.119 e. The van der Waals surface area contributed by atoms with Crippen molar-refractivity contribution in [3.8, 4) is 16.2 Å². The highest BCUT2D eigenvalue weighted by Crippen LogP contribution is 2.34. The second kappa shape index (κ2) is 5.06. The molecule has 1 nitrogen and oxygen atoms in total. The second-order valence-electron chi connectivity index (χ2n) is 4.84. The Hall–Kier alpha value is -1.80. The monoisotopic (exact) mass is 268 g/mol. The number of thiophene rings is 1. The molecule has 0 N–H and O–H groups in total. The Balaban J connectivity index is 1.93. The molecule has 0 unspecified atom stereocenters. The number of benzene rings is 2. The lowest BCUT2D eigenvalue weighted by atomic mass is 10.1. The van der Waals surface area contributed by atoms with Gasteiger partial charge in [0.05, 0.1) is 6.10 Å². The molecule has 0 saturated carbocycles. The van der Waals surface area contributed by atoms with Crippen LogP contribution >= 0.6 is 11.3 Å². The minimum Gasteiger partial charge on any atom is -0.491 e. The Morgan fingerprint density at radius 3 is 2.37 bits per heavy atom. The van der Waals surface area contributed by atoms with Crippen LogP contribution in [0.5, 0.6) is 5.75 Å². The van der Waals surface area contributed by atoms with E-state index in [9.17, 15) is 0 Å². The van der Waals surface area contributed by atoms with E-state index in [-0.39, 0.29) is 6.10 Å². The van der Waals surface area contributed by atoms with Crippen LogP contribution in [-0.2, 0) is 0 Å². The number of ether oxygens (including phenoxy) is 1. The van der Waals surface area contributed by atoms with Crippen LogP contribution in [0.2, 0.25) is 0 Å². The van der Waals surface area contributed by atoms with Crippen LogP contribution in [0, 0.1) is 0 Å². The predicted molar refractivity (Wildman–Crippen MR) is 83.0 cm³/mol. The summed E-state index contributed by atoms with van der Waals surface area (Å²) in [5.74, 6) is 0.930. The Labute approximate surface area is 117 Å². The highest BCUT2D eigenvalue weighted by molar-refractivity contribution is 7.22. The molecule has 0 aliphatic rings. The summed E-state index contributed by atoms with van der Waals surface area (Å²) >= 11 is 1.83. The molecular formula is C17H16OS. The van der Waals surface area contributed by atoms with Crippen molar-refractivity contribution >= 4 is 21.4 Å². The fourth-order valence-corrected chi connectivity index (χ4v) is 3.16. The lowest BCUT2D eigenvalue weighted by Gasteiger charge is -2.09. The number of hydrogen-bond acceptors (Lipinski definition) is 2. The Kier molecular flexibility index (Phi) is 3.26. The first kappa shape index (κ1) is 12.2. The first-order valence-electron chi connectivity index (χ1n) is 6.48. The molecule has 2 heteroatoms. The molecular weight excluding hydrogens is 252 g/mol. The summed E-state index contributed by atoms with van der Waals surface area (Å²) in [5.41, 5.74) is 1.25. The number of hydrogen-bond donors (Lipinski definition) is 0. The molecule has 0 saturated heterocycles. The Morgan fingerprint density at radius 2 is 1.68 bits per heavy atom. The van der Waals surface area contributed by atoms with Gasteiger partial charge in [0.1, 0.15) is 5.75 Å². The summed E-state index contributed by atoms with van der Waals surface area (Å²) in [7, 11) is 0.